The Kier molecular flexibility index (Phi) is 3.30. The molecule has 0 spiro atoms. The van der Waals surface area contributed by atoms with Gasteiger partial charge in [-0.05, 0) is 44.7 Å². The Labute approximate surface area is 96.9 Å². The van der Waals surface area contributed by atoms with Gasteiger partial charge in [0, 0.05) is 22.6 Å². The van der Waals surface area contributed by atoms with Crippen LogP contribution in [0.25, 0.3) is 10.9 Å². The SMILES string of the molecule is Cc1[nH]c2ccccc2c1CCCC(C)N. The molecule has 0 radical (unpaired) electrons. The molecule has 1 aromatic carbocycles. The summed E-state index contributed by atoms with van der Waals surface area (Å²) in [6.07, 6.45) is 3.39. The molecule has 3 N–H and O–H groups in total. The molecule has 86 valence electrons. The Balaban J connectivity index is 2.19. The summed E-state index contributed by atoms with van der Waals surface area (Å²) in [4.78, 5) is 3.43. The number of rotatable bonds is 4. The van der Waals surface area contributed by atoms with Crippen LogP contribution in [0, 0.1) is 6.92 Å². The minimum atomic E-state index is 0.311. The van der Waals surface area contributed by atoms with E-state index in [1.54, 1.807) is 0 Å². The lowest BCUT2D eigenvalue weighted by molar-refractivity contribution is 0.624. The monoisotopic (exact) mass is 216 g/mol. The predicted octanol–water partition coefficient (Wildman–Crippen LogP) is 3.15. The summed E-state index contributed by atoms with van der Waals surface area (Å²) in [6, 6.07) is 8.82. The van der Waals surface area contributed by atoms with Crippen molar-refractivity contribution in [3.8, 4) is 0 Å². The van der Waals surface area contributed by atoms with Crippen molar-refractivity contribution >= 4 is 10.9 Å². The molecule has 1 unspecified atom stereocenters. The Morgan fingerprint density at radius 2 is 2.06 bits per heavy atom. The molecule has 2 rings (SSSR count). The van der Waals surface area contributed by atoms with Gasteiger partial charge in [-0.2, -0.15) is 0 Å². The first-order chi connectivity index (χ1) is 7.68. The highest BCUT2D eigenvalue weighted by Crippen LogP contribution is 2.23. The minimum absolute atomic E-state index is 0.311. The van der Waals surface area contributed by atoms with Crippen LogP contribution in [0.1, 0.15) is 31.0 Å². The molecule has 0 amide bonds. The van der Waals surface area contributed by atoms with E-state index in [0.29, 0.717) is 6.04 Å². The number of aromatic nitrogens is 1. The molecule has 0 bridgehead atoms. The van der Waals surface area contributed by atoms with Crippen molar-refractivity contribution in [1.82, 2.24) is 4.98 Å². The maximum absolute atomic E-state index is 5.77. The molecule has 2 heteroatoms. The smallest absolute Gasteiger partial charge is 0.0458 e. The fourth-order valence-corrected chi connectivity index (χ4v) is 2.26. The number of aryl methyl sites for hydroxylation is 2. The van der Waals surface area contributed by atoms with E-state index in [9.17, 15) is 0 Å². The van der Waals surface area contributed by atoms with Crippen molar-refractivity contribution in [2.24, 2.45) is 5.73 Å². The fraction of sp³-hybridized carbons (Fsp3) is 0.429. The van der Waals surface area contributed by atoms with Gasteiger partial charge in [-0.15, -0.1) is 0 Å². The third-order valence-corrected chi connectivity index (χ3v) is 3.11. The molecule has 1 aromatic heterocycles. The lowest BCUT2D eigenvalue weighted by atomic mass is 10.0. The van der Waals surface area contributed by atoms with E-state index in [2.05, 4.69) is 43.1 Å². The number of benzene rings is 1. The Morgan fingerprint density at radius 3 is 2.81 bits per heavy atom. The van der Waals surface area contributed by atoms with Crippen LogP contribution in [0.3, 0.4) is 0 Å². The van der Waals surface area contributed by atoms with Gasteiger partial charge in [0.15, 0.2) is 0 Å². The molecule has 0 aliphatic heterocycles. The van der Waals surface area contributed by atoms with E-state index in [1.165, 1.54) is 28.6 Å². The Morgan fingerprint density at radius 1 is 1.31 bits per heavy atom. The summed E-state index contributed by atoms with van der Waals surface area (Å²) in [7, 11) is 0. The van der Waals surface area contributed by atoms with E-state index in [4.69, 9.17) is 5.73 Å². The van der Waals surface area contributed by atoms with Gasteiger partial charge in [-0.1, -0.05) is 18.2 Å². The van der Waals surface area contributed by atoms with Gasteiger partial charge in [0.25, 0.3) is 0 Å². The van der Waals surface area contributed by atoms with Crippen LogP contribution >= 0.6 is 0 Å². The van der Waals surface area contributed by atoms with Crippen molar-refractivity contribution < 1.29 is 0 Å². The number of para-hydroxylation sites is 1. The number of aromatic amines is 1. The number of hydrogen-bond donors (Lipinski definition) is 2. The van der Waals surface area contributed by atoms with Crippen LogP contribution < -0.4 is 5.73 Å². The van der Waals surface area contributed by atoms with Crippen LogP contribution in [0.15, 0.2) is 24.3 Å². The second kappa shape index (κ2) is 4.71. The van der Waals surface area contributed by atoms with Crippen molar-refractivity contribution in [3.63, 3.8) is 0 Å². The molecular formula is C14H20N2. The molecule has 2 aromatic rings. The van der Waals surface area contributed by atoms with Crippen molar-refractivity contribution in [2.75, 3.05) is 0 Å². The number of H-pyrrole nitrogens is 1. The molecule has 0 saturated carbocycles. The highest BCUT2D eigenvalue weighted by atomic mass is 14.7. The zero-order valence-electron chi connectivity index (χ0n) is 10.1. The molecule has 16 heavy (non-hydrogen) atoms. The number of nitrogens with one attached hydrogen (secondary N) is 1. The average Bonchev–Trinajstić information content (AvgIpc) is 2.55. The molecule has 1 atom stereocenters. The standard InChI is InChI=1S/C14H20N2/c1-10(15)6-5-8-12-11(2)16-14-9-4-3-7-13(12)14/h3-4,7,9-10,16H,5-6,8,15H2,1-2H3. The van der Waals surface area contributed by atoms with Gasteiger partial charge in [-0.25, -0.2) is 0 Å². The summed E-state index contributed by atoms with van der Waals surface area (Å²) in [6.45, 7) is 4.23. The molecule has 0 fully saturated rings. The van der Waals surface area contributed by atoms with E-state index in [1.807, 2.05) is 0 Å². The van der Waals surface area contributed by atoms with Gasteiger partial charge < -0.3 is 10.7 Å². The predicted molar refractivity (Wildman–Crippen MR) is 69.6 cm³/mol. The van der Waals surface area contributed by atoms with Crippen LogP contribution in [-0.4, -0.2) is 11.0 Å². The summed E-state index contributed by atoms with van der Waals surface area (Å²) in [5, 5.41) is 1.37. The first-order valence-corrected chi connectivity index (χ1v) is 6.00. The second-order valence-electron chi connectivity index (χ2n) is 4.64. The van der Waals surface area contributed by atoms with Gasteiger partial charge in [0.05, 0.1) is 0 Å². The summed E-state index contributed by atoms with van der Waals surface area (Å²) in [5.74, 6) is 0. The second-order valence-corrected chi connectivity index (χ2v) is 4.64. The van der Waals surface area contributed by atoms with Crippen LogP contribution in [0.4, 0.5) is 0 Å². The Bertz CT molecular complexity index is 469. The lowest BCUT2D eigenvalue weighted by Crippen LogP contribution is -2.14. The van der Waals surface area contributed by atoms with Gasteiger partial charge >= 0.3 is 0 Å². The van der Waals surface area contributed by atoms with Gasteiger partial charge in [0.1, 0.15) is 0 Å². The maximum Gasteiger partial charge on any atom is 0.0458 e. The summed E-state index contributed by atoms with van der Waals surface area (Å²) < 4.78 is 0. The first kappa shape index (κ1) is 11.2. The first-order valence-electron chi connectivity index (χ1n) is 6.00. The fourth-order valence-electron chi connectivity index (χ4n) is 2.26. The van der Waals surface area contributed by atoms with E-state index < -0.39 is 0 Å². The maximum atomic E-state index is 5.77. The summed E-state index contributed by atoms with van der Waals surface area (Å²) in [5.41, 5.74) is 9.77. The van der Waals surface area contributed by atoms with E-state index in [-0.39, 0.29) is 0 Å². The largest absolute Gasteiger partial charge is 0.358 e. The van der Waals surface area contributed by atoms with E-state index >= 15 is 0 Å². The lowest BCUT2D eigenvalue weighted by Gasteiger charge is -2.05. The highest BCUT2D eigenvalue weighted by Gasteiger charge is 2.07. The molecule has 1 heterocycles. The number of nitrogens with two attached hydrogens (primary N) is 1. The number of fused-ring (bicyclic) bond motifs is 1. The molecule has 0 aliphatic carbocycles. The topological polar surface area (TPSA) is 41.8 Å². The van der Waals surface area contributed by atoms with Crippen LogP contribution in [0.2, 0.25) is 0 Å². The normalized spacial score (nSPS) is 13.2. The zero-order chi connectivity index (χ0) is 11.5. The molecule has 0 saturated heterocycles. The molecular weight excluding hydrogens is 196 g/mol. The van der Waals surface area contributed by atoms with E-state index in [0.717, 1.165) is 12.8 Å². The highest BCUT2D eigenvalue weighted by molar-refractivity contribution is 5.84. The third-order valence-electron chi connectivity index (χ3n) is 3.11. The van der Waals surface area contributed by atoms with Crippen molar-refractivity contribution in [2.45, 2.75) is 39.2 Å². The summed E-state index contributed by atoms with van der Waals surface area (Å²) >= 11 is 0. The van der Waals surface area contributed by atoms with Crippen molar-refractivity contribution in [3.05, 3.63) is 35.5 Å². The van der Waals surface area contributed by atoms with Gasteiger partial charge in [0.2, 0.25) is 0 Å². The van der Waals surface area contributed by atoms with Crippen LogP contribution in [-0.2, 0) is 6.42 Å². The molecule has 0 aliphatic rings. The van der Waals surface area contributed by atoms with Crippen LogP contribution in [0.5, 0.6) is 0 Å². The molecule has 2 nitrogen and oxygen atoms in total. The average molecular weight is 216 g/mol. The minimum Gasteiger partial charge on any atom is -0.358 e. The zero-order valence-corrected chi connectivity index (χ0v) is 10.1. The van der Waals surface area contributed by atoms with Crippen molar-refractivity contribution in [1.29, 1.82) is 0 Å². The quantitative estimate of drug-likeness (QED) is 0.810. The van der Waals surface area contributed by atoms with Gasteiger partial charge in [-0.3, -0.25) is 0 Å². The Hall–Kier alpha value is -1.28. The number of hydrogen-bond acceptors (Lipinski definition) is 1. The third kappa shape index (κ3) is 2.27.